The largest absolute Gasteiger partial charge is 0.388 e. The van der Waals surface area contributed by atoms with Crippen LogP contribution in [0.25, 0.3) is 0 Å². The Balaban J connectivity index is 2.11. The second kappa shape index (κ2) is 4.78. The smallest absolute Gasteiger partial charge is 0.150 e. The number of aliphatic hydroxyl groups excluding tert-OH is 1. The summed E-state index contributed by atoms with van der Waals surface area (Å²) in [4.78, 5) is 0. The quantitative estimate of drug-likeness (QED) is 0.893. The maximum absolute atomic E-state index is 11.4. The van der Waals surface area contributed by atoms with Crippen molar-refractivity contribution in [2.24, 2.45) is 5.92 Å². The molecule has 1 aromatic carbocycles. The van der Waals surface area contributed by atoms with Crippen LogP contribution in [-0.4, -0.2) is 25.0 Å². The first-order chi connectivity index (χ1) is 8.02. The van der Waals surface area contributed by atoms with Gasteiger partial charge in [0.25, 0.3) is 0 Å². The van der Waals surface area contributed by atoms with E-state index in [1.54, 1.807) is 0 Å². The fourth-order valence-electron chi connectivity index (χ4n) is 2.30. The minimum atomic E-state index is -2.92. The van der Waals surface area contributed by atoms with Crippen LogP contribution in [0.15, 0.2) is 24.3 Å². The van der Waals surface area contributed by atoms with Crippen LogP contribution in [0.3, 0.4) is 0 Å². The normalized spacial score (nSPS) is 24.7. The molecule has 2 rings (SSSR count). The van der Waals surface area contributed by atoms with Gasteiger partial charge in [0.05, 0.1) is 17.6 Å². The summed E-state index contributed by atoms with van der Waals surface area (Å²) in [5, 5.41) is 10.2. The Bertz CT molecular complexity index is 476. The molecule has 2 unspecified atom stereocenters. The van der Waals surface area contributed by atoms with Crippen molar-refractivity contribution < 1.29 is 13.5 Å². The second-order valence-electron chi connectivity index (χ2n) is 4.70. The Labute approximate surface area is 102 Å². The molecule has 1 heterocycles. The van der Waals surface area contributed by atoms with Crippen LogP contribution in [0.5, 0.6) is 0 Å². The van der Waals surface area contributed by atoms with Gasteiger partial charge < -0.3 is 5.11 Å². The highest BCUT2D eigenvalue weighted by molar-refractivity contribution is 7.91. The third-order valence-corrected chi connectivity index (χ3v) is 5.24. The van der Waals surface area contributed by atoms with E-state index in [0.717, 1.165) is 12.0 Å². The van der Waals surface area contributed by atoms with E-state index in [2.05, 4.69) is 6.92 Å². The lowest BCUT2D eigenvalue weighted by Gasteiger charge is -2.17. The van der Waals surface area contributed by atoms with E-state index in [-0.39, 0.29) is 17.4 Å². The average Bonchev–Trinajstić information content (AvgIpc) is 2.69. The predicted molar refractivity (Wildman–Crippen MR) is 67.5 cm³/mol. The third-order valence-electron chi connectivity index (χ3n) is 3.44. The summed E-state index contributed by atoms with van der Waals surface area (Å²) >= 11 is 0. The van der Waals surface area contributed by atoms with E-state index in [4.69, 9.17) is 0 Å². The molecule has 3 nitrogen and oxygen atoms in total. The summed E-state index contributed by atoms with van der Waals surface area (Å²) in [6.07, 6.45) is 0.880. The molecule has 0 bridgehead atoms. The molecule has 2 atom stereocenters. The Morgan fingerprint density at radius 3 is 2.47 bits per heavy atom. The van der Waals surface area contributed by atoms with Gasteiger partial charge in [0.2, 0.25) is 0 Å². The summed E-state index contributed by atoms with van der Waals surface area (Å²) < 4.78 is 22.7. The van der Waals surface area contributed by atoms with Crippen molar-refractivity contribution in [1.29, 1.82) is 0 Å². The van der Waals surface area contributed by atoms with E-state index in [0.29, 0.717) is 6.42 Å². The predicted octanol–water partition coefficient (Wildman–Crippen LogP) is 1.72. The molecule has 0 aromatic heterocycles. The van der Waals surface area contributed by atoms with Crippen molar-refractivity contribution in [3.05, 3.63) is 35.4 Å². The first kappa shape index (κ1) is 12.6. The number of aliphatic hydroxyl groups is 1. The number of hydrogen-bond acceptors (Lipinski definition) is 3. The van der Waals surface area contributed by atoms with Gasteiger partial charge >= 0.3 is 0 Å². The van der Waals surface area contributed by atoms with Crippen molar-refractivity contribution >= 4 is 9.84 Å². The minimum absolute atomic E-state index is 0.115. The SMILES string of the molecule is CCc1ccc(C(O)C2CCS(=O)(=O)C2)cc1. The molecular formula is C13H18O3S. The van der Waals surface area contributed by atoms with Crippen LogP contribution in [0.1, 0.15) is 30.6 Å². The van der Waals surface area contributed by atoms with Gasteiger partial charge in [-0.25, -0.2) is 8.42 Å². The number of sulfone groups is 1. The highest BCUT2D eigenvalue weighted by Gasteiger charge is 2.33. The Hall–Kier alpha value is -0.870. The molecule has 94 valence electrons. The molecule has 1 aromatic rings. The van der Waals surface area contributed by atoms with Crippen LogP contribution in [0.4, 0.5) is 0 Å². The molecule has 1 aliphatic heterocycles. The summed E-state index contributed by atoms with van der Waals surface area (Å²) in [6.45, 7) is 2.08. The first-order valence-corrected chi connectivity index (χ1v) is 7.81. The molecule has 1 aliphatic rings. The zero-order valence-corrected chi connectivity index (χ0v) is 10.8. The van der Waals surface area contributed by atoms with Crippen LogP contribution in [0, 0.1) is 5.92 Å². The lowest BCUT2D eigenvalue weighted by atomic mass is 9.94. The standard InChI is InChI=1S/C13H18O3S/c1-2-10-3-5-11(6-4-10)13(14)12-7-8-17(15,16)9-12/h3-6,12-14H,2,7-9H2,1H3. The van der Waals surface area contributed by atoms with Gasteiger partial charge in [0.1, 0.15) is 0 Å². The minimum Gasteiger partial charge on any atom is -0.388 e. The van der Waals surface area contributed by atoms with Crippen LogP contribution >= 0.6 is 0 Å². The molecule has 0 aliphatic carbocycles. The monoisotopic (exact) mass is 254 g/mol. The van der Waals surface area contributed by atoms with Crippen LogP contribution in [-0.2, 0) is 16.3 Å². The average molecular weight is 254 g/mol. The van der Waals surface area contributed by atoms with Gasteiger partial charge in [0, 0.05) is 5.92 Å². The van der Waals surface area contributed by atoms with Gasteiger partial charge in [-0.3, -0.25) is 0 Å². The first-order valence-electron chi connectivity index (χ1n) is 5.99. The van der Waals surface area contributed by atoms with Gasteiger partial charge in [-0.05, 0) is 24.0 Å². The van der Waals surface area contributed by atoms with Gasteiger partial charge in [-0.1, -0.05) is 31.2 Å². The molecule has 0 spiro atoms. The maximum Gasteiger partial charge on any atom is 0.150 e. The van der Waals surface area contributed by atoms with Crippen molar-refractivity contribution in [3.8, 4) is 0 Å². The highest BCUT2D eigenvalue weighted by Crippen LogP contribution is 2.31. The molecule has 0 saturated carbocycles. The molecule has 17 heavy (non-hydrogen) atoms. The number of rotatable bonds is 3. The Morgan fingerprint density at radius 1 is 1.35 bits per heavy atom. The van der Waals surface area contributed by atoms with Crippen LogP contribution in [0.2, 0.25) is 0 Å². The lowest BCUT2D eigenvalue weighted by Crippen LogP contribution is -2.14. The van der Waals surface area contributed by atoms with Crippen LogP contribution < -0.4 is 0 Å². The van der Waals surface area contributed by atoms with Gasteiger partial charge in [-0.2, -0.15) is 0 Å². The molecular weight excluding hydrogens is 236 g/mol. The summed E-state index contributed by atoms with van der Waals surface area (Å²) in [5.41, 5.74) is 2.05. The lowest BCUT2D eigenvalue weighted by molar-refractivity contribution is 0.121. The summed E-state index contributed by atoms with van der Waals surface area (Å²) in [5.74, 6) is 0.179. The molecule has 1 N–H and O–H groups in total. The second-order valence-corrected chi connectivity index (χ2v) is 6.93. The number of hydrogen-bond donors (Lipinski definition) is 1. The zero-order valence-electron chi connectivity index (χ0n) is 9.96. The summed E-state index contributed by atoms with van der Waals surface area (Å²) in [7, 11) is -2.92. The van der Waals surface area contributed by atoms with Crippen molar-refractivity contribution in [2.75, 3.05) is 11.5 Å². The zero-order chi connectivity index (χ0) is 12.5. The third kappa shape index (κ3) is 2.87. The van der Waals surface area contributed by atoms with E-state index < -0.39 is 15.9 Å². The fraction of sp³-hybridized carbons (Fsp3) is 0.538. The number of benzene rings is 1. The fourth-order valence-corrected chi connectivity index (χ4v) is 4.13. The highest BCUT2D eigenvalue weighted by atomic mass is 32.2. The van der Waals surface area contributed by atoms with Crippen molar-refractivity contribution in [1.82, 2.24) is 0 Å². The van der Waals surface area contributed by atoms with E-state index in [1.165, 1.54) is 5.56 Å². The van der Waals surface area contributed by atoms with E-state index in [1.807, 2.05) is 24.3 Å². The van der Waals surface area contributed by atoms with Gasteiger partial charge in [0.15, 0.2) is 9.84 Å². The molecule has 1 fully saturated rings. The van der Waals surface area contributed by atoms with Crippen molar-refractivity contribution in [2.45, 2.75) is 25.9 Å². The van der Waals surface area contributed by atoms with E-state index >= 15 is 0 Å². The molecule has 1 saturated heterocycles. The topological polar surface area (TPSA) is 54.4 Å². The maximum atomic E-state index is 11.4. The molecule has 0 amide bonds. The Kier molecular flexibility index (Phi) is 3.54. The van der Waals surface area contributed by atoms with E-state index in [9.17, 15) is 13.5 Å². The van der Waals surface area contributed by atoms with Crippen molar-refractivity contribution in [3.63, 3.8) is 0 Å². The van der Waals surface area contributed by atoms with Gasteiger partial charge in [-0.15, -0.1) is 0 Å². The molecule has 4 heteroatoms. The Morgan fingerprint density at radius 2 is 2.00 bits per heavy atom. The molecule has 0 radical (unpaired) electrons. The number of aryl methyl sites for hydroxylation is 1. The summed E-state index contributed by atoms with van der Waals surface area (Å²) in [6, 6.07) is 7.77.